The fraction of sp³-hybridized carbons (Fsp3) is 0.353. The highest BCUT2D eigenvalue weighted by Gasteiger charge is 2.25. The average molecular weight is 362 g/mol. The lowest BCUT2D eigenvalue weighted by Gasteiger charge is -2.34. The monoisotopic (exact) mass is 362 g/mol. The van der Waals surface area contributed by atoms with Crippen LogP contribution >= 0.6 is 11.3 Å². The number of urea groups is 1. The summed E-state index contributed by atoms with van der Waals surface area (Å²) in [6.07, 6.45) is 0.0390. The fourth-order valence-corrected chi connectivity index (χ4v) is 3.34. The van der Waals surface area contributed by atoms with Crippen LogP contribution in [0.2, 0.25) is 0 Å². The molecular formula is C17H19FN4O2S. The van der Waals surface area contributed by atoms with E-state index in [9.17, 15) is 14.0 Å². The maximum absolute atomic E-state index is 13.7. The average Bonchev–Trinajstić information content (AvgIpc) is 3.02. The van der Waals surface area contributed by atoms with Crippen molar-refractivity contribution in [3.63, 3.8) is 0 Å². The van der Waals surface area contributed by atoms with Gasteiger partial charge < -0.3 is 9.80 Å². The van der Waals surface area contributed by atoms with E-state index in [1.54, 1.807) is 28.0 Å². The zero-order valence-corrected chi connectivity index (χ0v) is 14.7. The van der Waals surface area contributed by atoms with Crippen molar-refractivity contribution in [1.82, 2.24) is 14.8 Å². The van der Waals surface area contributed by atoms with Crippen molar-refractivity contribution >= 4 is 28.4 Å². The maximum atomic E-state index is 13.7. The number of halogens is 1. The zero-order chi connectivity index (χ0) is 17.8. The molecule has 1 aliphatic rings. The molecule has 1 aromatic carbocycles. The number of carbonyl (C=O) groups is 2. The van der Waals surface area contributed by atoms with Crippen molar-refractivity contribution in [3.8, 4) is 0 Å². The Morgan fingerprint density at radius 2 is 1.88 bits per heavy atom. The number of aromatic nitrogens is 1. The summed E-state index contributed by atoms with van der Waals surface area (Å²) in [6.45, 7) is 3.64. The van der Waals surface area contributed by atoms with Gasteiger partial charge in [0.2, 0.25) is 5.91 Å². The highest BCUT2D eigenvalue weighted by Crippen LogP contribution is 2.16. The van der Waals surface area contributed by atoms with E-state index >= 15 is 0 Å². The number of anilines is 1. The van der Waals surface area contributed by atoms with E-state index in [4.69, 9.17) is 0 Å². The van der Waals surface area contributed by atoms with Crippen molar-refractivity contribution in [2.75, 3.05) is 31.5 Å². The molecule has 2 heterocycles. The summed E-state index contributed by atoms with van der Waals surface area (Å²) in [7, 11) is 0. The molecule has 0 unspecified atom stereocenters. The Morgan fingerprint density at radius 1 is 1.20 bits per heavy atom. The van der Waals surface area contributed by atoms with Crippen molar-refractivity contribution in [1.29, 1.82) is 0 Å². The summed E-state index contributed by atoms with van der Waals surface area (Å²) in [5.74, 6) is -0.492. The van der Waals surface area contributed by atoms with Crippen LogP contribution in [0.1, 0.15) is 11.3 Å². The van der Waals surface area contributed by atoms with Gasteiger partial charge in [0.05, 0.1) is 12.1 Å². The highest BCUT2D eigenvalue weighted by molar-refractivity contribution is 7.13. The Hall–Kier alpha value is -2.48. The third-order valence-corrected chi connectivity index (χ3v) is 4.93. The Bertz CT molecular complexity index is 772. The lowest BCUT2D eigenvalue weighted by atomic mass is 10.1. The van der Waals surface area contributed by atoms with Gasteiger partial charge in [-0.05, 0) is 18.6 Å². The number of nitrogens with zero attached hydrogens (tertiary/aromatic N) is 3. The summed E-state index contributed by atoms with van der Waals surface area (Å²) in [6, 6.07) is 6.08. The molecular weight excluding hydrogens is 343 g/mol. The zero-order valence-electron chi connectivity index (χ0n) is 13.9. The molecule has 132 valence electrons. The van der Waals surface area contributed by atoms with E-state index in [2.05, 4.69) is 10.3 Å². The number of amides is 3. The normalized spacial score (nSPS) is 14.5. The van der Waals surface area contributed by atoms with Gasteiger partial charge in [-0.15, -0.1) is 11.3 Å². The predicted molar refractivity (Wildman–Crippen MR) is 94.1 cm³/mol. The first-order chi connectivity index (χ1) is 12.0. The van der Waals surface area contributed by atoms with E-state index in [-0.39, 0.29) is 24.2 Å². The number of carbonyl (C=O) groups excluding carboxylic acids is 2. The SMILES string of the molecule is Cc1csc(NC(=O)N2CCN(C(=O)Cc3ccccc3F)CC2)n1. The summed E-state index contributed by atoms with van der Waals surface area (Å²) in [5.41, 5.74) is 1.26. The quantitative estimate of drug-likeness (QED) is 0.912. The summed E-state index contributed by atoms with van der Waals surface area (Å²) in [4.78, 5) is 32.1. The first-order valence-electron chi connectivity index (χ1n) is 8.02. The number of nitrogens with one attached hydrogen (secondary N) is 1. The van der Waals surface area contributed by atoms with E-state index in [1.807, 2.05) is 12.3 Å². The molecule has 1 N–H and O–H groups in total. The molecule has 8 heteroatoms. The van der Waals surface area contributed by atoms with Gasteiger partial charge in [0.15, 0.2) is 5.13 Å². The first kappa shape index (κ1) is 17.3. The minimum absolute atomic E-state index is 0.0390. The summed E-state index contributed by atoms with van der Waals surface area (Å²) in [5, 5.41) is 5.21. The van der Waals surface area contributed by atoms with Crippen molar-refractivity contribution in [3.05, 3.63) is 46.7 Å². The van der Waals surface area contributed by atoms with Crippen LogP contribution in [0.25, 0.3) is 0 Å². The second-order valence-electron chi connectivity index (χ2n) is 5.86. The van der Waals surface area contributed by atoms with Gasteiger partial charge in [-0.2, -0.15) is 0 Å². The number of hydrogen-bond donors (Lipinski definition) is 1. The number of hydrogen-bond acceptors (Lipinski definition) is 4. The molecule has 0 radical (unpaired) electrons. The number of piperazine rings is 1. The molecule has 0 spiro atoms. The molecule has 3 amide bonds. The molecule has 25 heavy (non-hydrogen) atoms. The van der Waals surface area contributed by atoms with Crippen LogP contribution in [0.15, 0.2) is 29.6 Å². The van der Waals surface area contributed by atoms with Crippen LogP contribution < -0.4 is 5.32 Å². The predicted octanol–water partition coefficient (Wildman–Crippen LogP) is 2.51. The Kier molecular flexibility index (Phi) is 5.28. The summed E-state index contributed by atoms with van der Waals surface area (Å²) >= 11 is 1.38. The second kappa shape index (κ2) is 7.60. The highest BCUT2D eigenvalue weighted by atomic mass is 32.1. The summed E-state index contributed by atoms with van der Waals surface area (Å²) < 4.78 is 13.7. The molecule has 0 bridgehead atoms. The van der Waals surface area contributed by atoms with Crippen LogP contribution in [0, 0.1) is 12.7 Å². The van der Waals surface area contributed by atoms with Crippen molar-refractivity contribution in [2.45, 2.75) is 13.3 Å². The first-order valence-corrected chi connectivity index (χ1v) is 8.90. The number of thiazole rings is 1. The van der Waals surface area contributed by atoms with Gasteiger partial charge >= 0.3 is 6.03 Å². The van der Waals surface area contributed by atoms with Gasteiger partial charge in [-0.25, -0.2) is 14.2 Å². The van der Waals surface area contributed by atoms with Crippen LogP contribution in [0.5, 0.6) is 0 Å². The molecule has 1 fully saturated rings. The largest absolute Gasteiger partial charge is 0.339 e. The lowest BCUT2D eigenvalue weighted by molar-refractivity contribution is -0.131. The maximum Gasteiger partial charge on any atom is 0.323 e. The molecule has 3 rings (SSSR count). The third-order valence-electron chi connectivity index (χ3n) is 4.05. The number of rotatable bonds is 3. The van der Waals surface area contributed by atoms with Gasteiger partial charge in [0, 0.05) is 31.6 Å². The second-order valence-corrected chi connectivity index (χ2v) is 6.72. The molecule has 0 atom stereocenters. The molecule has 6 nitrogen and oxygen atoms in total. The molecule has 1 aromatic heterocycles. The van der Waals surface area contributed by atoms with Gasteiger partial charge in [-0.1, -0.05) is 18.2 Å². The van der Waals surface area contributed by atoms with E-state index in [1.165, 1.54) is 17.4 Å². The van der Waals surface area contributed by atoms with E-state index < -0.39 is 0 Å². The standard InChI is InChI=1S/C17H19FN4O2S/c1-12-11-25-16(19-12)20-17(24)22-8-6-21(7-9-22)15(23)10-13-4-2-3-5-14(13)18/h2-5,11H,6-10H2,1H3,(H,19,20,24). The van der Waals surface area contributed by atoms with Crippen molar-refractivity contribution < 1.29 is 14.0 Å². The third kappa shape index (κ3) is 4.33. The van der Waals surface area contributed by atoms with E-state index in [0.717, 1.165) is 5.69 Å². The van der Waals surface area contributed by atoms with E-state index in [0.29, 0.717) is 36.9 Å². The minimum Gasteiger partial charge on any atom is -0.339 e. The topological polar surface area (TPSA) is 65.5 Å². The van der Waals surface area contributed by atoms with Gasteiger partial charge in [-0.3, -0.25) is 10.1 Å². The molecule has 1 saturated heterocycles. The van der Waals surface area contributed by atoms with Crippen LogP contribution in [0.3, 0.4) is 0 Å². The lowest BCUT2D eigenvalue weighted by Crippen LogP contribution is -2.52. The van der Waals surface area contributed by atoms with Gasteiger partial charge in [0.1, 0.15) is 5.82 Å². The Labute approximate surface area is 149 Å². The van der Waals surface area contributed by atoms with Crippen LogP contribution in [0.4, 0.5) is 14.3 Å². The van der Waals surface area contributed by atoms with Crippen LogP contribution in [-0.4, -0.2) is 52.9 Å². The Morgan fingerprint density at radius 3 is 2.52 bits per heavy atom. The van der Waals surface area contributed by atoms with Gasteiger partial charge in [0.25, 0.3) is 0 Å². The number of aryl methyl sites for hydroxylation is 1. The van der Waals surface area contributed by atoms with Crippen LogP contribution in [-0.2, 0) is 11.2 Å². The smallest absolute Gasteiger partial charge is 0.323 e. The fourth-order valence-electron chi connectivity index (χ4n) is 2.66. The Balaban J connectivity index is 1.50. The van der Waals surface area contributed by atoms with Crippen molar-refractivity contribution in [2.24, 2.45) is 0 Å². The molecule has 1 aliphatic heterocycles. The molecule has 2 aromatic rings. The molecule has 0 aliphatic carbocycles. The molecule has 0 saturated carbocycles. The number of benzene rings is 1. The minimum atomic E-state index is -0.368.